The van der Waals surface area contributed by atoms with E-state index in [4.69, 9.17) is 0 Å². The lowest BCUT2D eigenvalue weighted by molar-refractivity contribution is -0.676. The van der Waals surface area contributed by atoms with Crippen LogP contribution in [0, 0.1) is 0 Å². The van der Waals surface area contributed by atoms with Crippen LogP contribution in [-0.4, -0.2) is 24.9 Å². The molecule has 4 rings (SSSR count). The van der Waals surface area contributed by atoms with Gasteiger partial charge in [0.1, 0.15) is 12.6 Å². The fourth-order valence-corrected chi connectivity index (χ4v) is 4.70. The van der Waals surface area contributed by atoms with Gasteiger partial charge in [-0.25, -0.2) is 0 Å². The van der Waals surface area contributed by atoms with Crippen molar-refractivity contribution in [2.24, 2.45) is 0 Å². The maximum absolute atomic E-state index is 13.1. The second-order valence-corrected chi connectivity index (χ2v) is 8.45. The SMILES string of the molecule is CCCc1ccc([C@@H]([NH2+]CC(=O)N2CC(=O)Nc3ccccc32)c2cccs2)cc1. The Hall–Kier alpha value is -2.96. The molecule has 0 bridgehead atoms. The largest absolute Gasteiger partial charge is 0.328 e. The van der Waals surface area contributed by atoms with Gasteiger partial charge in [-0.2, -0.15) is 0 Å². The molecule has 3 N–H and O–H groups in total. The molecule has 0 radical (unpaired) electrons. The summed E-state index contributed by atoms with van der Waals surface area (Å²) in [6.45, 7) is 2.50. The van der Waals surface area contributed by atoms with E-state index in [0.29, 0.717) is 5.69 Å². The second-order valence-electron chi connectivity index (χ2n) is 7.47. The molecule has 1 aliphatic rings. The normalized spacial score (nSPS) is 14.2. The molecule has 2 amide bonds. The van der Waals surface area contributed by atoms with E-state index in [9.17, 15) is 9.59 Å². The minimum Gasteiger partial charge on any atom is -0.328 e. The first-order chi connectivity index (χ1) is 14.7. The molecule has 0 spiro atoms. The van der Waals surface area contributed by atoms with E-state index in [2.05, 4.69) is 53.3 Å². The number of carbonyl (C=O) groups is 2. The van der Waals surface area contributed by atoms with Gasteiger partial charge >= 0.3 is 0 Å². The van der Waals surface area contributed by atoms with E-state index in [0.717, 1.165) is 18.5 Å². The van der Waals surface area contributed by atoms with Crippen LogP contribution < -0.4 is 15.5 Å². The van der Waals surface area contributed by atoms with Gasteiger partial charge in [-0.05, 0) is 35.6 Å². The molecule has 0 saturated carbocycles. The van der Waals surface area contributed by atoms with Crippen molar-refractivity contribution in [3.05, 3.63) is 82.0 Å². The Morgan fingerprint density at radius 1 is 1.13 bits per heavy atom. The van der Waals surface area contributed by atoms with E-state index in [1.807, 2.05) is 30.3 Å². The Balaban J connectivity index is 1.52. The van der Waals surface area contributed by atoms with Crippen LogP contribution in [0.25, 0.3) is 0 Å². The van der Waals surface area contributed by atoms with Crippen molar-refractivity contribution < 1.29 is 14.9 Å². The van der Waals surface area contributed by atoms with Crippen LogP contribution in [0.2, 0.25) is 0 Å². The van der Waals surface area contributed by atoms with Crippen LogP contribution in [0.4, 0.5) is 11.4 Å². The lowest BCUT2D eigenvalue weighted by atomic mass is 10.0. The van der Waals surface area contributed by atoms with Crippen molar-refractivity contribution in [1.82, 2.24) is 0 Å². The van der Waals surface area contributed by atoms with Crippen LogP contribution in [0.15, 0.2) is 66.0 Å². The minimum atomic E-state index is -0.164. The smallest absolute Gasteiger partial charge is 0.282 e. The predicted molar refractivity (Wildman–Crippen MR) is 121 cm³/mol. The van der Waals surface area contributed by atoms with Gasteiger partial charge in [0.25, 0.3) is 5.91 Å². The number of quaternary nitrogens is 1. The Bertz CT molecular complexity index is 1020. The maximum atomic E-state index is 13.1. The summed E-state index contributed by atoms with van der Waals surface area (Å²) in [5.41, 5.74) is 3.95. The number of fused-ring (bicyclic) bond motifs is 1. The standard InChI is InChI=1S/C24H25N3O2S/c1-2-6-17-10-12-18(13-11-17)24(21-9-5-14-30-21)25-15-23(29)27-16-22(28)26-19-7-3-4-8-20(19)27/h3-5,7-14,24-25H,2,6,15-16H2,1H3,(H,26,28)/p+1/t24-/m1/s1. The van der Waals surface area contributed by atoms with Crippen LogP contribution in [0.3, 0.4) is 0 Å². The van der Waals surface area contributed by atoms with Gasteiger partial charge in [-0.3, -0.25) is 14.5 Å². The third-order valence-electron chi connectivity index (χ3n) is 5.33. The molecular weight excluding hydrogens is 394 g/mol. The molecule has 2 heterocycles. The first-order valence-electron chi connectivity index (χ1n) is 10.3. The molecule has 2 aromatic carbocycles. The van der Waals surface area contributed by atoms with E-state index in [1.54, 1.807) is 16.2 Å². The highest BCUT2D eigenvalue weighted by Crippen LogP contribution is 2.29. The summed E-state index contributed by atoms with van der Waals surface area (Å²) >= 11 is 1.70. The molecule has 0 unspecified atom stereocenters. The summed E-state index contributed by atoms with van der Waals surface area (Å²) in [6.07, 6.45) is 2.20. The number of anilines is 2. The predicted octanol–water partition coefficient (Wildman–Crippen LogP) is 3.34. The number of nitrogens with one attached hydrogen (secondary N) is 1. The molecule has 3 aromatic rings. The number of hydrogen-bond donors (Lipinski definition) is 2. The molecule has 154 valence electrons. The molecule has 5 nitrogen and oxygen atoms in total. The van der Waals surface area contributed by atoms with Crippen molar-refractivity contribution in [3.63, 3.8) is 0 Å². The van der Waals surface area contributed by atoms with Crippen LogP contribution in [0.1, 0.15) is 35.4 Å². The third kappa shape index (κ3) is 4.45. The Kier molecular flexibility index (Phi) is 6.26. The number of rotatable bonds is 7. The van der Waals surface area contributed by atoms with Gasteiger partial charge in [-0.15, -0.1) is 11.3 Å². The number of thiophene rings is 1. The lowest BCUT2D eigenvalue weighted by Crippen LogP contribution is -2.87. The number of nitrogens with two attached hydrogens (primary N) is 1. The van der Waals surface area contributed by atoms with Gasteiger partial charge in [0, 0.05) is 5.56 Å². The zero-order valence-electron chi connectivity index (χ0n) is 17.0. The van der Waals surface area contributed by atoms with Crippen molar-refractivity contribution >= 4 is 34.5 Å². The first kappa shape index (κ1) is 20.3. The number of amides is 2. The summed E-state index contributed by atoms with van der Waals surface area (Å²) in [6, 6.07) is 20.3. The molecule has 1 aliphatic heterocycles. The van der Waals surface area contributed by atoms with Crippen LogP contribution >= 0.6 is 11.3 Å². The van der Waals surface area contributed by atoms with Gasteiger partial charge in [-0.1, -0.05) is 55.8 Å². The highest BCUT2D eigenvalue weighted by molar-refractivity contribution is 7.10. The lowest BCUT2D eigenvalue weighted by Gasteiger charge is -2.29. The second kappa shape index (κ2) is 9.24. The van der Waals surface area contributed by atoms with Gasteiger partial charge < -0.3 is 10.6 Å². The molecule has 30 heavy (non-hydrogen) atoms. The molecule has 0 fully saturated rings. The number of benzene rings is 2. The van der Waals surface area contributed by atoms with Crippen molar-refractivity contribution in [2.75, 3.05) is 23.3 Å². The number of nitrogens with zero attached hydrogens (tertiary/aromatic N) is 1. The van der Waals surface area contributed by atoms with Gasteiger partial charge in [0.2, 0.25) is 5.91 Å². The Morgan fingerprint density at radius 2 is 1.93 bits per heavy atom. The van der Waals surface area contributed by atoms with E-state index in [1.165, 1.54) is 16.0 Å². The summed E-state index contributed by atoms with van der Waals surface area (Å²) in [5.74, 6) is -0.232. The molecule has 1 aromatic heterocycles. The Labute approximate surface area is 180 Å². The van der Waals surface area contributed by atoms with Crippen molar-refractivity contribution in [1.29, 1.82) is 0 Å². The number of aryl methyl sites for hydroxylation is 1. The highest BCUT2D eigenvalue weighted by Gasteiger charge is 2.29. The monoisotopic (exact) mass is 420 g/mol. The van der Waals surface area contributed by atoms with E-state index in [-0.39, 0.29) is 30.9 Å². The topological polar surface area (TPSA) is 66.0 Å². The number of para-hydroxylation sites is 2. The molecule has 1 atom stereocenters. The average molecular weight is 421 g/mol. The average Bonchev–Trinajstić information content (AvgIpc) is 3.29. The first-order valence-corrected chi connectivity index (χ1v) is 11.2. The Morgan fingerprint density at radius 3 is 2.67 bits per heavy atom. The minimum absolute atomic E-state index is 0.0542. The summed E-state index contributed by atoms with van der Waals surface area (Å²) in [5, 5.41) is 6.96. The summed E-state index contributed by atoms with van der Waals surface area (Å²) < 4.78 is 0. The fraction of sp³-hybridized carbons (Fsp3) is 0.250. The van der Waals surface area contributed by atoms with E-state index >= 15 is 0 Å². The maximum Gasteiger partial charge on any atom is 0.282 e. The van der Waals surface area contributed by atoms with Crippen molar-refractivity contribution in [3.8, 4) is 0 Å². The fourth-order valence-electron chi connectivity index (χ4n) is 3.85. The quantitative estimate of drug-likeness (QED) is 0.616. The summed E-state index contributed by atoms with van der Waals surface area (Å²) in [4.78, 5) is 27.9. The van der Waals surface area contributed by atoms with Crippen molar-refractivity contribution in [2.45, 2.75) is 25.8 Å². The zero-order chi connectivity index (χ0) is 20.9. The highest BCUT2D eigenvalue weighted by atomic mass is 32.1. The number of hydrogen-bond acceptors (Lipinski definition) is 3. The zero-order valence-corrected chi connectivity index (χ0v) is 17.8. The van der Waals surface area contributed by atoms with Crippen LogP contribution in [-0.2, 0) is 16.0 Å². The molecule has 6 heteroatoms. The van der Waals surface area contributed by atoms with Gasteiger partial charge in [0.15, 0.2) is 6.54 Å². The third-order valence-corrected chi connectivity index (χ3v) is 6.28. The summed E-state index contributed by atoms with van der Waals surface area (Å²) in [7, 11) is 0. The van der Waals surface area contributed by atoms with Gasteiger partial charge in [0.05, 0.1) is 16.3 Å². The molecule has 0 saturated heterocycles. The molecule has 0 aliphatic carbocycles. The van der Waals surface area contributed by atoms with Crippen LogP contribution in [0.5, 0.6) is 0 Å². The van der Waals surface area contributed by atoms with E-state index < -0.39 is 0 Å². The molecular formula is C24H26N3O2S+. The number of carbonyl (C=O) groups excluding carboxylic acids is 2.